The topological polar surface area (TPSA) is 124 Å². The molecule has 32 heavy (non-hydrogen) atoms. The zero-order chi connectivity index (χ0) is 22.5. The van der Waals surface area contributed by atoms with Crippen molar-refractivity contribution in [2.45, 2.75) is 24.9 Å². The summed E-state index contributed by atoms with van der Waals surface area (Å²) < 4.78 is 5.32. The molecule has 2 unspecified atom stereocenters. The minimum atomic E-state index is -0.906. The summed E-state index contributed by atoms with van der Waals surface area (Å²) in [6, 6.07) is 1.58. The third-order valence-corrected chi connectivity index (χ3v) is 6.01. The molecule has 172 valence electrons. The van der Waals surface area contributed by atoms with Gasteiger partial charge in [-0.3, -0.25) is 19.4 Å². The number of hydrogen-bond donors (Lipinski definition) is 2. The Balaban J connectivity index is 1.51. The van der Waals surface area contributed by atoms with E-state index in [1.54, 1.807) is 28.1 Å². The fraction of sp³-hybridized carbons (Fsp3) is 0.571. The number of amides is 5. The van der Waals surface area contributed by atoms with Crippen molar-refractivity contribution in [3.63, 3.8) is 0 Å². The van der Waals surface area contributed by atoms with Gasteiger partial charge >= 0.3 is 6.03 Å². The van der Waals surface area contributed by atoms with Crippen molar-refractivity contribution in [2.75, 3.05) is 52.5 Å². The van der Waals surface area contributed by atoms with E-state index < -0.39 is 18.0 Å². The van der Waals surface area contributed by atoms with Crippen LogP contribution in [0.3, 0.4) is 0 Å². The monoisotopic (exact) mass is 444 g/mol. The number of rotatable bonds is 3. The number of pyridine rings is 1. The Hall–Kier alpha value is -3.21. The minimum absolute atomic E-state index is 0.0579. The molecule has 0 spiro atoms. The lowest BCUT2D eigenvalue weighted by Crippen LogP contribution is -2.65. The minimum Gasteiger partial charge on any atom is -0.378 e. The summed E-state index contributed by atoms with van der Waals surface area (Å²) in [5, 5.41) is 5.53. The number of carbonyl (C=O) groups excluding carboxylic acids is 4. The molecule has 4 rings (SSSR count). The van der Waals surface area contributed by atoms with Gasteiger partial charge in [0.1, 0.15) is 12.1 Å². The predicted molar refractivity (Wildman–Crippen MR) is 113 cm³/mol. The van der Waals surface area contributed by atoms with Gasteiger partial charge in [-0.05, 0) is 25.0 Å². The van der Waals surface area contributed by atoms with E-state index in [-0.39, 0.29) is 30.9 Å². The van der Waals surface area contributed by atoms with Gasteiger partial charge in [0.15, 0.2) is 0 Å². The van der Waals surface area contributed by atoms with Gasteiger partial charge in [0.2, 0.25) is 11.8 Å². The number of piperazine rings is 1. The number of piperidine rings is 1. The largest absolute Gasteiger partial charge is 0.378 e. The second-order valence-corrected chi connectivity index (χ2v) is 8.08. The van der Waals surface area contributed by atoms with E-state index in [0.717, 1.165) is 6.42 Å². The van der Waals surface area contributed by atoms with Crippen LogP contribution in [0.5, 0.6) is 0 Å². The van der Waals surface area contributed by atoms with E-state index in [0.29, 0.717) is 51.4 Å². The van der Waals surface area contributed by atoms with Crippen LogP contribution >= 0.6 is 0 Å². The maximum absolute atomic E-state index is 13.2. The highest BCUT2D eigenvalue weighted by atomic mass is 16.5. The number of aromatic nitrogens is 1. The highest BCUT2D eigenvalue weighted by Crippen LogP contribution is 2.17. The number of urea groups is 1. The van der Waals surface area contributed by atoms with Crippen molar-refractivity contribution in [2.24, 2.45) is 0 Å². The zero-order valence-electron chi connectivity index (χ0n) is 17.9. The third-order valence-electron chi connectivity index (χ3n) is 6.01. The molecular formula is C21H28N6O5. The number of ether oxygens (including phenoxy) is 1. The molecule has 1 aromatic rings. The zero-order valence-corrected chi connectivity index (χ0v) is 17.9. The van der Waals surface area contributed by atoms with Crippen LogP contribution in [0.1, 0.15) is 23.2 Å². The van der Waals surface area contributed by atoms with Crippen LogP contribution in [0.4, 0.5) is 4.79 Å². The Morgan fingerprint density at radius 3 is 2.66 bits per heavy atom. The van der Waals surface area contributed by atoms with Gasteiger partial charge < -0.3 is 30.1 Å². The summed E-state index contributed by atoms with van der Waals surface area (Å²) in [7, 11) is 0. The number of hydrogen-bond acceptors (Lipinski definition) is 6. The summed E-state index contributed by atoms with van der Waals surface area (Å²) in [5.41, 5.74) is 0.369. The molecule has 0 aromatic carbocycles. The van der Waals surface area contributed by atoms with Gasteiger partial charge in [-0.15, -0.1) is 0 Å². The molecule has 4 heterocycles. The maximum Gasteiger partial charge on any atom is 0.320 e. The smallest absolute Gasteiger partial charge is 0.320 e. The number of morpholine rings is 1. The molecule has 11 heteroatoms. The molecule has 2 N–H and O–H groups in total. The molecule has 3 aliphatic heterocycles. The lowest BCUT2D eigenvalue weighted by molar-refractivity contribution is -0.133. The van der Waals surface area contributed by atoms with Crippen LogP contribution < -0.4 is 10.6 Å². The van der Waals surface area contributed by atoms with E-state index in [2.05, 4.69) is 15.6 Å². The standard InChI is InChI=1S/C21H28N6O5/c28-18-16(4-2-6-23-18)24-19(29)17-14-26(21(31)25-9-11-32-12-10-25)7-8-27(17)20(30)15-3-1-5-22-13-15/h1,3,5,13,16-17H,2,4,6-12,14H2,(H,23,28)(H,24,29). The van der Waals surface area contributed by atoms with Crippen LogP contribution in [0, 0.1) is 0 Å². The summed E-state index contributed by atoms with van der Waals surface area (Å²) in [5.74, 6) is -1.000. The molecule has 2 atom stereocenters. The van der Waals surface area contributed by atoms with Crippen molar-refractivity contribution in [1.82, 2.24) is 30.3 Å². The molecule has 0 bridgehead atoms. The van der Waals surface area contributed by atoms with E-state index in [4.69, 9.17) is 4.74 Å². The Morgan fingerprint density at radius 1 is 1.12 bits per heavy atom. The SMILES string of the molecule is O=C1NCCCC1NC(=O)C1CN(C(=O)N2CCOCC2)CCN1C(=O)c1cccnc1. The lowest BCUT2D eigenvalue weighted by Gasteiger charge is -2.43. The lowest BCUT2D eigenvalue weighted by atomic mass is 10.0. The molecule has 3 fully saturated rings. The molecule has 0 saturated carbocycles. The van der Waals surface area contributed by atoms with Crippen LogP contribution in [-0.4, -0.2) is 108 Å². The van der Waals surface area contributed by atoms with Crippen molar-refractivity contribution < 1.29 is 23.9 Å². The molecule has 3 aliphatic rings. The molecule has 0 radical (unpaired) electrons. The van der Waals surface area contributed by atoms with Crippen molar-refractivity contribution in [1.29, 1.82) is 0 Å². The highest BCUT2D eigenvalue weighted by molar-refractivity contribution is 5.98. The second-order valence-electron chi connectivity index (χ2n) is 8.08. The van der Waals surface area contributed by atoms with Crippen LogP contribution in [-0.2, 0) is 14.3 Å². The van der Waals surface area contributed by atoms with Crippen molar-refractivity contribution in [3.8, 4) is 0 Å². The number of nitrogens with one attached hydrogen (secondary N) is 2. The third kappa shape index (κ3) is 4.82. The quantitative estimate of drug-likeness (QED) is 0.620. The Labute approximate surface area is 186 Å². The first kappa shape index (κ1) is 22.0. The van der Waals surface area contributed by atoms with Gasteiger partial charge in [-0.1, -0.05) is 0 Å². The van der Waals surface area contributed by atoms with Crippen molar-refractivity contribution in [3.05, 3.63) is 30.1 Å². The fourth-order valence-corrected chi connectivity index (χ4v) is 4.21. The van der Waals surface area contributed by atoms with Gasteiger partial charge in [0.25, 0.3) is 5.91 Å². The summed E-state index contributed by atoms with van der Waals surface area (Å²) in [4.78, 5) is 60.3. The van der Waals surface area contributed by atoms with Gasteiger partial charge in [-0.25, -0.2) is 4.79 Å². The second kappa shape index (κ2) is 9.94. The average Bonchev–Trinajstić information content (AvgIpc) is 2.85. The summed E-state index contributed by atoms with van der Waals surface area (Å²) in [6.45, 7) is 3.11. The molecule has 1 aromatic heterocycles. The number of carbonyl (C=O) groups is 4. The molecule has 5 amide bonds. The molecule has 11 nitrogen and oxygen atoms in total. The van der Waals surface area contributed by atoms with E-state index in [1.165, 1.54) is 11.1 Å². The average molecular weight is 444 g/mol. The number of nitrogens with zero attached hydrogens (tertiary/aromatic N) is 4. The van der Waals surface area contributed by atoms with Crippen molar-refractivity contribution >= 4 is 23.8 Å². The first-order chi connectivity index (χ1) is 15.5. The van der Waals surface area contributed by atoms with Gasteiger partial charge in [0, 0.05) is 45.1 Å². The Kier molecular flexibility index (Phi) is 6.84. The first-order valence-electron chi connectivity index (χ1n) is 11.0. The van der Waals surface area contributed by atoms with E-state index in [1.807, 2.05) is 0 Å². The van der Waals surface area contributed by atoms with Crippen LogP contribution in [0.15, 0.2) is 24.5 Å². The van der Waals surface area contributed by atoms with E-state index >= 15 is 0 Å². The van der Waals surface area contributed by atoms with Crippen LogP contribution in [0.2, 0.25) is 0 Å². The fourth-order valence-electron chi connectivity index (χ4n) is 4.21. The Morgan fingerprint density at radius 2 is 1.94 bits per heavy atom. The predicted octanol–water partition coefficient (Wildman–Crippen LogP) is -0.945. The normalized spacial score (nSPS) is 24.0. The van der Waals surface area contributed by atoms with Gasteiger partial charge in [-0.2, -0.15) is 0 Å². The molecule has 0 aliphatic carbocycles. The first-order valence-corrected chi connectivity index (χ1v) is 11.0. The maximum atomic E-state index is 13.2. The van der Waals surface area contributed by atoms with Crippen LogP contribution in [0.25, 0.3) is 0 Å². The summed E-state index contributed by atoms with van der Waals surface area (Å²) in [6.07, 6.45) is 4.33. The molecular weight excluding hydrogens is 416 g/mol. The Bertz CT molecular complexity index is 859. The highest BCUT2D eigenvalue weighted by Gasteiger charge is 2.40. The summed E-state index contributed by atoms with van der Waals surface area (Å²) >= 11 is 0. The van der Waals surface area contributed by atoms with E-state index in [9.17, 15) is 19.2 Å². The molecule has 3 saturated heterocycles. The van der Waals surface area contributed by atoms with Gasteiger partial charge in [0.05, 0.1) is 25.3 Å².